The summed E-state index contributed by atoms with van der Waals surface area (Å²) >= 11 is 0. The SMILES string of the molecule is C[C@@H]1COCCN1c1cc(OCCCNC(=O)O)c2ccnc(-c3ccn[nH]3)c2n1.C[C@@H]1COCCN1c1cc(OCCN)c2ccnc(-c3ccn[nH]3)c2n1. The molecule has 18 nitrogen and oxygen atoms in total. The highest BCUT2D eigenvalue weighted by Gasteiger charge is 2.25. The lowest BCUT2D eigenvalue weighted by Gasteiger charge is -2.34. The fourth-order valence-corrected chi connectivity index (χ4v) is 6.67. The normalized spacial score (nSPS) is 17.1. The number of fused-ring (bicyclic) bond motifs is 2. The average molecular weight is 767 g/mol. The van der Waals surface area contributed by atoms with Crippen LogP contribution in [0.25, 0.3) is 44.6 Å². The molecule has 0 aliphatic carbocycles. The maximum atomic E-state index is 10.6. The van der Waals surface area contributed by atoms with Gasteiger partial charge in [-0.2, -0.15) is 10.2 Å². The Hall–Kier alpha value is -6.11. The maximum absolute atomic E-state index is 10.6. The van der Waals surface area contributed by atoms with Gasteiger partial charge in [-0.1, -0.05) is 0 Å². The predicted octanol–water partition coefficient (Wildman–Crippen LogP) is 3.86. The second-order valence-corrected chi connectivity index (χ2v) is 13.3. The molecule has 8 heterocycles. The molecule has 0 aromatic carbocycles. The number of aromatic amines is 2. The highest BCUT2D eigenvalue weighted by atomic mass is 16.5. The number of nitrogens with two attached hydrogens (primary N) is 1. The molecular weight excluding hydrogens is 720 g/mol. The van der Waals surface area contributed by atoms with Gasteiger partial charge in [-0.3, -0.25) is 20.2 Å². The van der Waals surface area contributed by atoms with Crippen molar-refractivity contribution in [2.75, 3.05) is 75.6 Å². The topological polar surface area (TPSA) is 228 Å². The molecule has 1 amide bonds. The highest BCUT2D eigenvalue weighted by molar-refractivity contribution is 5.96. The van der Waals surface area contributed by atoms with Crippen LogP contribution in [-0.2, 0) is 9.47 Å². The molecule has 6 aromatic heterocycles. The van der Waals surface area contributed by atoms with Crippen LogP contribution in [0, 0.1) is 0 Å². The first-order chi connectivity index (χ1) is 27.4. The van der Waals surface area contributed by atoms with Crippen LogP contribution in [0.3, 0.4) is 0 Å². The Bertz CT molecular complexity index is 2200. The van der Waals surface area contributed by atoms with Crippen molar-refractivity contribution in [2.45, 2.75) is 32.4 Å². The monoisotopic (exact) mass is 766 g/mol. The van der Waals surface area contributed by atoms with E-state index >= 15 is 0 Å². The summed E-state index contributed by atoms with van der Waals surface area (Å²) in [6.07, 6.45) is 6.37. The van der Waals surface area contributed by atoms with Crippen molar-refractivity contribution in [3.8, 4) is 34.3 Å². The van der Waals surface area contributed by atoms with Crippen molar-refractivity contribution in [1.29, 1.82) is 0 Å². The van der Waals surface area contributed by atoms with Crippen LogP contribution in [0.2, 0.25) is 0 Å². The van der Waals surface area contributed by atoms with Gasteiger partial charge in [-0.25, -0.2) is 14.8 Å². The minimum Gasteiger partial charge on any atom is -0.493 e. The Balaban J connectivity index is 0.000000173. The maximum Gasteiger partial charge on any atom is 0.404 e. The molecule has 2 saturated heterocycles. The molecule has 2 aliphatic heterocycles. The van der Waals surface area contributed by atoms with Gasteiger partial charge in [0.05, 0.1) is 56.5 Å². The first-order valence-corrected chi connectivity index (χ1v) is 18.6. The van der Waals surface area contributed by atoms with Crippen molar-refractivity contribution in [3.05, 3.63) is 61.2 Å². The largest absolute Gasteiger partial charge is 0.493 e. The molecule has 2 aliphatic rings. The van der Waals surface area contributed by atoms with Crippen molar-refractivity contribution in [3.63, 3.8) is 0 Å². The van der Waals surface area contributed by atoms with Crippen molar-refractivity contribution in [1.82, 2.24) is 45.6 Å². The zero-order valence-electron chi connectivity index (χ0n) is 31.3. The minimum absolute atomic E-state index is 0.184. The molecule has 0 saturated carbocycles. The van der Waals surface area contributed by atoms with Gasteiger partial charge in [0.1, 0.15) is 52.2 Å². The van der Waals surface area contributed by atoms with Crippen LogP contribution < -0.4 is 30.3 Å². The highest BCUT2D eigenvalue weighted by Crippen LogP contribution is 2.36. The van der Waals surface area contributed by atoms with Gasteiger partial charge >= 0.3 is 6.09 Å². The van der Waals surface area contributed by atoms with Gasteiger partial charge in [0.25, 0.3) is 0 Å². The van der Waals surface area contributed by atoms with Gasteiger partial charge in [0.15, 0.2) is 0 Å². The fourth-order valence-electron chi connectivity index (χ4n) is 6.67. The van der Waals surface area contributed by atoms with E-state index in [4.69, 9.17) is 39.8 Å². The van der Waals surface area contributed by atoms with E-state index in [9.17, 15) is 4.79 Å². The number of hydrogen-bond acceptors (Lipinski definition) is 14. The Morgan fingerprint density at radius 2 is 1.34 bits per heavy atom. The second-order valence-electron chi connectivity index (χ2n) is 13.3. The summed E-state index contributed by atoms with van der Waals surface area (Å²) in [5, 5.41) is 26.8. The fraction of sp³-hybridized carbons (Fsp3) is 0.395. The molecular formula is C38H46N12O6. The van der Waals surface area contributed by atoms with Crippen molar-refractivity contribution in [2.24, 2.45) is 5.73 Å². The number of carboxylic acid groups (broad SMARTS) is 1. The second kappa shape index (κ2) is 18.0. The third-order valence-electron chi connectivity index (χ3n) is 9.42. The zero-order chi connectivity index (χ0) is 38.9. The molecule has 56 heavy (non-hydrogen) atoms. The molecule has 0 spiro atoms. The Kier molecular flexibility index (Phi) is 12.3. The van der Waals surface area contributed by atoms with E-state index < -0.39 is 6.09 Å². The summed E-state index contributed by atoms with van der Waals surface area (Å²) in [5.41, 5.74) is 10.2. The number of morpholine rings is 2. The number of nitrogens with zero attached hydrogens (tertiary/aromatic N) is 8. The summed E-state index contributed by atoms with van der Waals surface area (Å²) in [5.74, 6) is 3.10. The molecule has 8 rings (SSSR count). The van der Waals surface area contributed by atoms with Crippen LogP contribution >= 0.6 is 0 Å². The number of amides is 1. The van der Waals surface area contributed by atoms with Crippen LogP contribution in [0.4, 0.5) is 16.4 Å². The number of pyridine rings is 4. The number of rotatable bonds is 12. The van der Waals surface area contributed by atoms with E-state index in [1.54, 1.807) is 24.8 Å². The van der Waals surface area contributed by atoms with Crippen molar-refractivity contribution >= 4 is 39.5 Å². The number of aromatic nitrogens is 8. The summed E-state index contributed by atoms with van der Waals surface area (Å²) in [7, 11) is 0. The molecule has 294 valence electrons. The molecule has 18 heteroatoms. The third-order valence-corrected chi connectivity index (χ3v) is 9.42. The number of carbonyl (C=O) groups is 1. The smallest absolute Gasteiger partial charge is 0.404 e. The van der Waals surface area contributed by atoms with E-state index in [-0.39, 0.29) is 12.1 Å². The van der Waals surface area contributed by atoms with E-state index in [2.05, 4.69) is 59.3 Å². The van der Waals surface area contributed by atoms with E-state index in [0.29, 0.717) is 70.6 Å². The van der Waals surface area contributed by atoms with Crippen LogP contribution in [0.5, 0.6) is 11.5 Å². The summed E-state index contributed by atoms with van der Waals surface area (Å²) in [6.45, 7) is 9.99. The van der Waals surface area contributed by atoms with Gasteiger partial charge < -0.3 is 44.9 Å². The number of hydrogen-bond donors (Lipinski definition) is 5. The molecule has 0 radical (unpaired) electrons. The predicted molar refractivity (Wildman–Crippen MR) is 210 cm³/mol. The summed E-state index contributed by atoms with van der Waals surface area (Å²) in [4.78, 5) is 33.9. The number of H-pyrrole nitrogens is 2. The molecule has 2 fully saturated rings. The zero-order valence-corrected chi connectivity index (χ0v) is 31.3. The number of ether oxygens (including phenoxy) is 4. The minimum atomic E-state index is -1.04. The Labute approximate surface area is 322 Å². The van der Waals surface area contributed by atoms with Gasteiger partial charge in [0.2, 0.25) is 0 Å². The molecule has 6 aromatic rings. The van der Waals surface area contributed by atoms with E-state index in [1.165, 1.54) is 0 Å². The van der Waals surface area contributed by atoms with Crippen LogP contribution in [0.15, 0.2) is 61.2 Å². The third kappa shape index (κ3) is 8.72. The van der Waals surface area contributed by atoms with E-state index in [0.717, 1.165) is 69.4 Å². The molecule has 0 bridgehead atoms. The number of nitrogens with one attached hydrogen (secondary N) is 3. The Morgan fingerprint density at radius 1 is 0.821 bits per heavy atom. The van der Waals surface area contributed by atoms with Gasteiger partial charge in [-0.15, -0.1) is 0 Å². The lowest BCUT2D eigenvalue weighted by atomic mass is 10.1. The molecule has 6 N–H and O–H groups in total. The Morgan fingerprint density at radius 3 is 1.79 bits per heavy atom. The van der Waals surface area contributed by atoms with Gasteiger partial charge in [0, 0.05) is 73.9 Å². The first-order valence-electron chi connectivity index (χ1n) is 18.6. The lowest BCUT2D eigenvalue weighted by Crippen LogP contribution is -2.44. The van der Waals surface area contributed by atoms with Crippen LogP contribution in [0.1, 0.15) is 20.3 Å². The molecule has 2 atom stereocenters. The quantitative estimate of drug-likeness (QED) is 0.111. The molecule has 0 unspecified atom stereocenters. The number of anilines is 2. The summed E-state index contributed by atoms with van der Waals surface area (Å²) in [6, 6.07) is 11.9. The van der Waals surface area contributed by atoms with Gasteiger partial charge in [-0.05, 0) is 44.5 Å². The average Bonchev–Trinajstić information content (AvgIpc) is 3.96. The van der Waals surface area contributed by atoms with Crippen LogP contribution in [-0.4, -0.2) is 129 Å². The standard InChI is InChI=1S/C20H24N6O4.C18H22N6O2/c1-13-12-29-10-8-26(13)17-11-16(30-9-2-5-22-20(27)28)14-3-6-21-19(18(14)24-17)15-4-7-23-25-15;1-12-11-25-9-7-24(12)16-10-15(26-8-4-19)13-2-5-20-18(17(13)22-16)14-3-6-21-23-14/h3-4,6-7,11,13,22H,2,5,8-10,12H2,1H3,(H,23,25)(H,27,28);2-3,5-6,10,12H,4,7-9,11,19H2,1H3,(H,21,23)/t13-;12-/m11/s1. The first kappa shape index (κ1) is 38.2. The lowest BCUT2D eigenvalue weighted by molar-refractivity contribution is 0.0985. The van der Waals surface area contributed by atoms with E-state index in [1.807, 2.05) is 36.4 Å². The van der Waals surface area contributed by atoms with Crippen molar-refractivity contribution < 1.29 is 28.8 Å². The summed E-state index contributed by atoms with van der Waals surface area (Å²) < 4.78 is 23.1.